The van der Waals surface area contributed by atoms with Gasteiger partial charge in [-0.25, -0.2) is 9.59 Å². The largest absolute Gasteiger partial charge is 0.330 e. The van der Waals surface area contributed by atoms with Gasteiger partial charge >= 0.3 is 11.4 Å². The lowest BCUT2D eigenvalue weighted by atomic mass is 10.1. The van der Waals surface area contributed by atoms with Crippen molar-refractivity contribution in [3.05, 3.63) is 65.2 Å². The van der Waals surface area contributed by atoms with Crippen LogP contribution in [0.2, 0.25) is 0 Å². The third-order valence-corrected chi connectivity index (χ3v) is 3.42. The highest BCUT2D eigenvalue weighted by Gasteiger charge is 2.12. The summed E-state index contributed by atoms with van der Waals surface area (Å²) in [6, 6.07) is 0. The van der Waals surface area contributed by atoms with Crippen LogP contribution < -0.4 is 22.5 Å². The van der Waals surface area contributed by atoms with Crippen LogP contribution in [-0.2, 0) is 34.6 Å². The zero-order chi connectivity index (χ0) is 15.9. The Balaban J connectivity index is 2.65. The van der Waals surface area contributed by atoms with Crippen molar-refractivity contribution in [3.8, 4) is 0 Å². The van der Waals surface area contributed by atoms with Crippen LogP contribution in [0.3, 0.4) is 0 Å². The van der Waals surface area contributed by atoms with Gasteiger partial charge in [-0.1, -0.05) is 0 Å². The highest BCUT2D eigenvalue weighted by molar-refractivity contribution is 5.18. The van der Waals surface area contributed by atoms with E-state index in [1.807, 2.05) is 0 Å². The van der Waals surface area contributed by atoms with Gasteiger partial charge in [-0.15, -0.1) is 0 Å². The van der Waals surface area contributed by atoms with Gasteiger partial charge in [0.15, 0.2) is 0 Å². The van der Waals surface area contributed by atoms with Crippen molar-refractivity contribution in [2.75, 3.05) is 0 Å². The van der Waals surface area contributed by atoms with Gasteiger partial charge in [-0.2, -0.15) is 0 Å². The summed E-state index contributed by atoms with van der Waals surface area (Å²) in [5.41, 5.74) is -1.14. The molecule has 21 heavy (non-hydrogen) atoms. The van der Waals surface area contributed by atoms with Crippen LogP contribution in [0.4, 0.5) is 0 Å². The predicted octanol–water partition coefficient (Wildman–Crippen LogP) is -1.93. The second-order valence-electron chi connectivity index (χ2n) is 5.00. The zero-order valence-corrected chi connectivity index (χ0v) is 12.3. The van der Waals surface area contributed by atoms with Crippen LogP contribution in [0, 0.1) is 0 Å². The Labute approximate surface area is 119 Å². The first kappa shape index (κ1) is 14.8. The average Bonchev–Trinajstić information content (AvgIpc) is 2.45. The lowest BCUT2D eigenvalue weighted by molar-refractivity contribution is 0.657. The molecule has 0 bridgehead atoms. The molecule has 8 nitrogen and oxygen atoms in total. The second kappa shape index (κ2) is 5.04. The van der Waals surface area contributed by atoms with E-state index in [1.165, 1.54) is 49.7 Å². The lowest BCUT2D eigenvalue weighted by Crippen LogP contribution is -2.40. The fourth-order valence-electron chi connectivity index (χ4n) is 2.21. The van der Waals surface area contributed by atoms with E-state index in [9.17, 15) is 19.2 Å². The molecule has 0 N–H and O–H groups in total. The van der Waals surface area contributed by atoms with Gasteiger partial charge in [0.2, 0.25) is 0 Å². The first-order valence-electron chi connectivity index (χ1n) is 6.25. The van der Waals surface area contributed by atoms with Crippen LogP contribution in [0.1, 0.15) is 11.1 Å². The van der Waals surface area contributed by atoms with E-state index >= 15 is 0 Å². The Hall–Kier alpha value is -2.64. The van der Waals surface area contributed by atoms with Gasteiger partial charge in [0.25, 0.3) is 11.1 Å². The number of hydrogen-bond acceptors (Lipinski definition) is 4. The quantitative estimate of drug-likeness (QED) is 0.645. The van der Waals surface area contributed by atoms with Crippen molar-refractivity contribution in [2.24, 2.45) is 28.2 Å². The maximum absolute atomic E-state index is 12.1. The van der Waals surface area contributed by atoms with Gasteiger partial charge < -0.3 is 9.13 Å². The molecule has 2 aromatic heterocycles. The standard InChI is InChI=1S/C13H16N4O4/c1-14-6-8(10(18)16(3)12(14)20)5-9-7-15(2)13(21)17(4)11(9)19/h6-7H,5H2,1-4H3. The van der Waals surface area contributed by atoms with E-state index in [-0.39, 0.29) is 6.42 Å². The fourth-order valence-corrected chi connectivity index (χ4v) is 2.21. The molecule has 0 aliphatic carbocycles. The van der Waals surface area contributed by atoms with Crippen molar-refractivity contribution in [1.29, 1.82) is 0 Å². The summed E-state index contributed by atoms with van der Waals surface area (Å²) in [6.07, 6.45) is 2.88. The molecule has 0 unspecified atom stereocenters. The van der Waals surface area contributed by atoms with Crippen LogP contribution in [-0.4, -0.2) is 18.3 Å². The van der Waals surface area contributed by atoms with Crippen LogP contribution in [0.5, 0.6) is 0 Å². The molecule has 2 heterocycles. The molecule has 0 spiro atoms. The minimum absolute atomic E-state index is 0.0571. The molecule has 0 aliphatic rings. The third-order valence-electron chi connectivity index (χ3n) is 3.42. The van der Waals surface area contributed by atoms with Crippen LogP contribution >= 0.6 is 0 Å². The summed E-state index contributed by atoms with van der Waals surface area (Å²) in [5.74, 6) is 0. The number of hydrogen-bond donors (Lipinski definition) is 0. The summed E-state index contributed by atoms with van der Waals surface area (Å²) in [4.78, 5) is 47.4. The smallest absolute Gasteiger partial charge is 0.303 e. The van der Waals surface area contributed by atoms with Gasteiger partial charge in [-0.05, 0) is 0 Å². The second-order valence-corrected chi connectivity index (χ2v) is 5.00. The van der Waals surface area contributed by atoms with Crippen LogP contribution in [0.25, 0.3) is 0 Å². The van der Waals surface area contributed by atoms with E-state index < -0.39 is 22.5 Å². The Morgan fingerprint density at radius 2 is 1.05 bits per heavy atom. The number of aromatic nitrogens is 4. The minimum atomic E-state index is -0.450. The van der Waals surface area contributed by atoms with E-state index in [2.05, 4.69) is 0 Å². The fraction of sp³-hybridized carbons (Fsp3) is 0.385. The van der Waals surface area contributed by atoms with Crippen molar-refractivity contribution in [2.45, 2.75) is 6.42 Å². The monoisotopic (exact) mass is 292 g/mol. The molecular formula is C13H16N4O4. The van der Waals surface area contributed by atoms with Gasteiger partial charge in [0, 0.05) is 58.1 Å². The molecule has 0 saturated carbocycles. The molecule has 2 aromatic rings. The maximum Gasteiger partial charge on any atom is 0.330 e. The third kappa shape index (κ3) is 2.39. The Morgan fingerprint density at radius 3 is 1.38 bits per heavy atom. The summed E-state index contributed by atoms with van der Waals surface area (Å²) in [7, 11) is 5.83. The van der Waals surface area contributed by atoms with Crippen molar-refractivity contribution in [1.82, 2.24) is 18.3 Å². The summed E-state index contributed by atoms with van der Waals surface area (Å²) < 4.78 is 4.54. The summed E-state index contributed by atoms with van der Waals surface area (Å²) >= 11 is 0. The number of rotatable bonds is 2. The topological polar surface area (TPSA) is 88.0 Å². The minimum Gasteiger partial charge on any atom is -0.303 e. The molecule has 0 aromatic carbocycles. The molecule has 2 rings (SSSR count). The Morgan fingerprint density at radius 1 is 0.714 bits per heavy atom. The molecule has 0 atom stereocenters. The van der Waals surface area contributed by atoms with E-state index in [0.29, 0.717) is 11.1 Å². The highest BCUT2D eigenvalue weighted by Crippen LogP contribution is 1.98. The molecule has 0 amide bonds. The Kier molecular flexibility index (Phi) is 3.54. The van der Waals surface area contributed by atoms with Gasteiger partial charge in [-0.3, -0.25) is 18.7 Å². The first-order chi connectivity index (χ1) is 9.73. The summed E-state index contributed by atoms with van der Waals surface area (Å²) in [5, 5.41) is 0. The number of nitrogens with zero attached hydrogens (tertiary/aromatic N) is 4. The molecule has 0 fully saturated rings. The molecule has 0 radical (unpaired) electrons. The molecule has 8 heteroatoms. The Bertz CT molecular complexity index is 865. The average molecular weight is 292 g/mol. The molecular weight excluding hydrogens is 276 g/mol. The van der Waals surface area contributed by atoms with E-state index in [0.717, 1.165) is 9.13 Å². The zero-order valence-electron chi connectivity index (χ0n) is 12.3. The molecule has 0 aliphatic heterocycles. The predicted molar refractivity (Wildman–Crippen MR) is 76.7 cm³/mol. The van der Waals surface area contributed by atoms with Crippen molar-refractivity contribution >= 4 is 0 Å². The normalized spacial score (nSPS) is 10.9. The lowest BCUT2D eigenvalue weighted by Gasteiger charge is -2.08. The SMILES string of the molecule is Cn1cc(Cc2cn(C)c(=O)n(C)c2=O)c(=O)n(C)c1=O. The van der Waals surface area contributed by atoms with E-state index in [4.69, 9.17) is 0 Å². The molecule has 0 saturated heterocycles. The highest BCUT2D eigenvalue weighted by atomic mass is 16.2. The van der Waals surface area contributed by atoms with Gasteiger partial charge in [0.05, 0.1) is 0 Å². The van der Waals surface area contributed by atoms with Crippen LogP contribution in [0.15, 0.2) is 31.6 Å². The van der Waals surface area contributed by atoms with Gasteiger partial charge in [0.1, 0.15) is 0 Å². The first-order valence-corrected chi connectivity index (χ1v) is 6.25. The van der Waals surface area contributed by atoms with E-state index in [1.54, 1.807) is 0 Å². The van der Waals surface area contributed by atoms with Crippen molar-refractivity contribution in [3.63, 3.8) is 0 Å². The maximum atomic E-state index is 12.1. The summed E-state index contributed by atoms with van der Waals surface area (Å²) in [6.45, 7) is 0. The molecule has 112 valence electrons. The number of aryl methyl sites for hydroxylation is 2. The van der Waals surface area contributed by atoms with Crippen molar-refractivity contribution < 1.29 is 0 Å².